The van der Waals surface area contributed by atoms with Crippen LogP contribution in [0.2, 0.25) is 0 Å². The summed E-state index contributed by atoms with van der Waals surface area (Å²) in [4.78, 5) is 0. The topological polar surface area (TPSA) is 75.6 Å². The van der Waals surface area contributed by atoms with Gasteiger partial charge >= 0.3 is 0 Å². The van der Waals surface area contributed by atoms with Gasteiger partial charge in [-0.2, -0.15) is 0 Å². The van der Waals surface area contributed by atoms with E-state index in [4.69, 9.17) is 9.84 Å². The lowest BCUT2D eigenvalue weighted by Gasteiger charge is -2.09. The molecule has 0 saturated heterocycles. The number of aliphatic hydroxyl groups is 1. The van der Waals surface area contributed by atoms with Crippen molar-refractivity contribution >= 4 is 15.7 Å². The molecule has 1 aromatic carbocycles. The Morgan fingerprint density at radius 3 is 2.75 bits per heavy atom. The highest BCUT2D eigenvalue weighted by Gasteiger charge is 2.10. The predicted molar refractivity (Wildman–Crippen MR) is 79.0 cm³/mol. The second-order valence-electron chi connectivity index (χ2n) is 4.26. The van der Waals surface area contributed by atoms with Gasteiger partial charge in [0, 0.05) is 25.0 Å². The normalized spacial score (nSPS) is 10.8. The van der Waals surface area contributed by atoms with Crippen LogP contribution in [0, 0.1) is 18.8 Å². The average Bonchev–Trinajstić information content (AvgIpc) is 2.37. The van der Waals surface area contributed by atoms with E-state index in [1.54, 1.807) is 18.2 Å². The van der Waals surface area contributed by atoms with Crippen molar-refractivity contribution in [3.8, 4) is 11.8 Å². The molecule has 0 aliphatic heterocycles. The molecule has 2 N–H and O–H groups in total. The van der Waals surface area contributed by atoms with Gasteiger partial charge in [-0.3, -0.25) is 4.72 Å². The van der Waals surface area contributed by atoms with Crippen LogP contribution >= 0.6 is 0 Å². The maximum atomic E-state index is 11.8. The number of hydrogen-bond donors (Lipinski definition) is 2. The molecule has 0 saturated carbocycles. The van der Waals surface area contributed by atoms with E-state index in [2.05, 4.69) is 16.6 Å². The van der Waals surface area contributed by atoms with Crippen molar-refractivity contribution in [3.63, 3.8) is 0 Å². The minimum Gasteiger partial charge on any atom is -0.385 e. The molecule has 110 valence electrons. The van der Waals surface area contributed by atoms with Gasteiger partial charge < -0.3 is 9.84 Å². The summed E-state index contributed by atoms with van der Waals surface area (Å²) in [6, 6.07) is 5.10. The largest absolute Gasteiger partial charge is 0.385 e. The third-order valence-electron chi connectivity index (χ3n) is 2.56. The van der Waals surface area contributed by atoms with Crippen LogP contribution in [0.3, 0.4) is 0 Å². The van der Waals surface area contributed by atoms with Gasteiger partial charge in [-0.1, -0.05) is 11.8 Å². The number of ether oxygens (including phenoxy) is 1. The monoisotopic (exact) mass is 297 g/mol. The summed E-state index contributed by atoms with van der Waals surface area (Å²) >= 11 is 0. The van der Waals surface area contributed by atoms with E-state index < -0.39 is 10.0 Å². The van der Waals surface area contributed by atoms with Crippen molar-refractivity contribution in [1.82, 2.24) is 0 Å². The summed E-state index contributed by atoms with van der Waals surface area (Å²) in [5.74, 6) is 5.38. The number of nitrogens with one attached hydrogen (secondary N) is 1. The third kappa shape index (κ3) is 5.61. The van der Waals surface area contributed by atoms with E-state index in [1.165, 1.54) is 7.11 Å². The lowest BCUT2D eigenvalue weighted by atomic mass is 10.1. The molecule has 0 amide bonds. The molecule has 1 rings (SSSR count). The number of hydrogen-bond acceptors (Lipinski definition) is 4. The van der Waals surface area contributed by atoms with Gasteiger partial charge in [0.2, 0.25) is 10.0 Å². The molecule has 0 bridgehead atoms. The molecule has 0 aliphatic carbocycles. The zero-order chi connectivity index (χ0) is 15.0. The maximum absolute atomic E-state index is 11.8. The van der Waals surface area contributed by atoms with Crippen LogP contribution in [0.4, 0.5) is 5.69 Å². The highest BCUT2D eigenvalue weighted by molar-refractivity contribution is 7.92. The molecule has 0 heterocycles. The lowest BCUT2D eigenvalue weighted by Crippen LogP contribution is -2.17. The smallest absolute Gasteiger partial charge is 0.232 e. The molecule has 5 nitrogen and oxygen atoms in total. The second-order valence-corrected chi connectivity index (χ2v) is 6.10. The number of sulfonamides is 1. The Morgan fingerprint density at radius 2 is 2.15 bits per heavy atom. The Morgan fingerprint density at radius 1 is 1.40 bits per heavy atom. The molecule has 0 atom stereocenters. The first-order valence-corrected chi connectivity index (χ1v) is 7.83. The van der Waals surface area contributed by atoms with Crippen molar-refractivity contribution in [2.45, 2.75) is 13.3 Å². The molecule has 0 spiro atoms. The van der Waals surface area contributed by atoms with E-state index in [9.17, 15) is 8.42 Å². The van der Waals surface area contributed by atoms with Gasteiger partial charge in [-0.05, 0) is 37.1 Å². The van der Waals surface area contributed by atoms with Crippen LogP contribution < -0.4 is 4.72 Å². The number of rotatable bonds is 6. The predicted octanol–water partition coefficient (Wildman–Crippen LogP) is 1.12. The SMILES string of the molecule is COCCCS(=O)(=O)Nc1ccc(C#CCO)c(C)c1. The molecule has 20 heavy (non-hydrogen) atoms. The van der Waals surface area contributed by atoms with Gasteiger partial charge in [-0.25, -0.2) is 8.42 Å². The van der Waals surface area contributed by atoms with Crippen molar-refractivity contribution in [1.29, 1.82) is 0 Å². The first-order valence-electron chi connectivity index (χ1n) is 6.18. The molecule has 6 heteroatoms. The summed E-state index contributed by atoms with van der Waals surface area (Å²) < 4.78 is 31.0. The Bertz CT molecular complexity index is 599. The Labute approximate surface area is 120 Å². The molecule has 0 unspecified atom stereocenters. The van der Waals surface area contributed by atoms with Crippen molar-refractivity contribution in [2.24, 2.45) is 0 Å². The zero-order valence-corrected chi connectivity index (χ0v) is 12.5. The van der Waals surface area contributed by atoms with Crippen LogP contribution in [-0.4, -0.2) is 39.6 Å². The summed E-state index contributed by atoms with van der Waals surface area (Å²) in [5.41, 5.74) is 2.12. The summed E-state index contributed by atoms with van der Waals surface area (Å²) in [6.45, 7) is 2.05. The fraction of sp³-hybridized carbons (Fsp3) is 0.429. The second kappa shape index (κ2) is 7.90. The molecule has 0 fully saturated rings. The van der Waals surface area contributed by atoms with Crippen LogP contribution in [0.5, 0.6) is 0 Å². The van der Waals surface area contributed by atoms with Crippen LogP contribution in [0.15, 0.2) is 18.2 Å². The van der Waals surface area contributed by atoms with E-state index in [0.717, 1.165) is 11.1 Å². The van der Waals surface area contributed by atoms with Gasteiger partial charge in [0.05, 0.1) is 5.75 Å². The number of benzene rings is 1. The van der Waals surface area contributed by atoms with Crippen molar-refractivity contribution in [2.75, 3.05) is 30.8 Å². The molecule has 1 aromatic rings. The number of anilines is 1. The van der Waals surface area contributed by atoms with E-state index in [1.807, 2.05) is 6.92 Å². The molecule has 0 aliphatic rings. The van der Waals surface area contributed by atoms with Gasteiger partial charge in [-0.15, -0.1) is 0 Å². The Kier molecular flexibility index (Phi) is 6.52. The minimum absolute atomic E-state index is 0.0198. The van der Waals surface area contributed by atoms with Crippen LogP contribution in [0.25, 0.3) is 0 Å². The molecule has 0 radical (unpaired) electrons. The van der Waals surface area contributed by atoms with Crippen LogP contribution in [0.1, 0.15) is 17.5 Å². The highest BCUT2D eigenvalue weighted by Crippen LogP contribution is 2.16. The quantitative estimate of drug-likeness (QED) is 0.609. The standard InChI is InChI=1S/C14H19NO4S/c1-12-11-14(7-6-13(12)5-3-8-16)15-20(17,18)10-4-9-19-2/h6-7,11,15-16H,4,8-10H2,1-2H3. The fourth-order valence-corrected chi connectivity index (χ4v) is 2.71. The highest BCUT2D eigenvalue weighted by atomic mass is 32.2. The van der Waals surface area contributed by atoms with E-state index >= 15 is 0 Å². The average molecular weight is 297 g/mol. The first-order chi connectivity index (χ1) is 9.48. The molecule has 0 aromatic heterocycles. The molecular formula is C14H19NO4S. The maximum Gasteiger partial charge on any atom is 0.232 e. The Hall–Kier alpha value is -1.55. The lowest BCUT2D eigenvalue weighted by molar-refractivity contribution is 0.199. The fourth-order valence-electron chi connectivity index (χ4n) is 1.63. The van der Waals surface area contributed by atoms with Gasteiger partial charge in [0.15, 0.2) is 0 Å². The first kappa shape index (κ1) is 16.5. The summed E-state index contributed by atoms with van der Waals surface area (Å²) in [6.07, 6.45) is 0.449. The van der Waals surface area contributed by atoms with Gasteiger partial charge in [0.1, 0.15) is 6.61 Å². The van der Waals surface area contributed by atoms with Crippen molar-refractivity contribution in [3.05, 3.63) is 29.3 Å². The van der Waals surface area contributed by atoms with Gasteiger partial charge in [0.25, 0.3) is 0 Å². The molecular weight excluding hydrogens is 278 g/mol. The summed E-state index contributed by atoms with van der Waals surface area (Å²) in [5, 5.41) is 8.65. The van der Waals surface area contributed by atoms with Crippen LogP contribution in [-0.2, 0) is 14.8 Å². The number of methoxy groups -OCH3 is 1. The summed E-state index contributed by atoms with van der Waals surface area (Å²) in [7, 11) is -1.82. The minimum atomic E-state index is -3.36. The van der Waals surface area contributed by atoms with Crippen molar-refractivity contribution < 1.29 is 18.3 Å². The van der Waals surface area contributed by atoms with E-state index in [-0.39, 0.29) is 12.4 Å². The third-order valence-corrected chi connectivity index (χ3v) is 3.94. The zero-order valence-electron chi connectivity index (χ0n) is 11.6. The number of aryl methyl sites for hydroxylation is 1. The number of aliphatic hydroxyl groups excluding tert-OH is 1. The van der Waals surface area contributed by atoms with E-state index in [0.29, 0.717) is 18.7 Å². The Balaban J connectivity index is 2.76.